The molecule has 4 nitrogen and oxygen atoms in total. The minimum absolute atomic E-state index is 0.782. The van der Waals surface area contributed by atoms with E-state index in [1.807, 2.05) is 13.8 Å². The number of hydrogen-bond donors (Lipinski definition) is 2. The molecule has 98 valence electrons. The number of aromatic nitrogens is 2. The van der Waals surface area contributed by atoms with Crippen molar-refractivity contribution in [3.05, 3.63) is 52.5 Å². The second kappa shape index (κ2) is 4.97. The summed E-state index contributed by atoms with van der Waals surface area (Å²) in [4.78, 5) is 8.79. The maximum atomic E-state index is 4.47. The van der Waals surface area contributed by atoms with E-state index < -0.39 is 0 Å². The number of aryl methyl sites for hydroxylation is 2. The normalized spacial score (nSPS) is 13.4. The summed E-state index contributed by atoms with van der Waals surface area (Å²) in [6.45, 7) is 6.71. The Morgan fingerprint density at radius 2 is 2.00 bits per heavy atom. The SMILES string of the molecule is Cc1ncc(NCc2ccc3c(c2)CNC3)nc1C. The highest BCUT2D eigenvalue weighted by molar-refractivity contribution is 5.38. The molecule has 1 aromatic carbocycles. The van der Waals surface area contributed by atoms with Gasteiger partial charge in [0.15, 0.2) is 0 Å². The second-order valence-corrected chi connectivity index (χ2v) is 4.99. The fraction of sp³-hybridized carbons (Fsp3) is 0.333. The lowest BCUT2D eigenvalue weighted by molar-refractivity contribution is 0.764. The molecule has 0 bridgehead atoms. The predicted octanol–water partition coefficient (Wildman–Crippen LogP) is 2.31. The number of hydrogen-bond acceptors (Lipinski definition) is 4. The number of anilines is 1. The number of rotatable bonds is 3. The Bertz CT molecular complexity index is 607. The summed E-state index contributed by atoms with van der Waals surface area (Å²) in [6, 6.07) is 6.64. The minimum atomic E-state index is 0.782. The van der Waals surface area contributed by atoms with E-state index in [-0.39, 0.29) is 0 Å². The van der Waals surface area contributed by atoms with E-state index in [9.17, 15) is 0 Å². The van der Waals surface area contributed by atoms with E-state index in [4.69, 9.17) is 0 Å². The molecule has 2 N–H and O–H groups in total. The third kappa shape index (κ3) is 2.58. The van der Waals surface area contributed by atoms with Gasteiger partial charge in [-0.15, -0.1) is 0 Å². The molecule has 0 fully saturated rings. The smallest absolute Gasteiger partial charge is 0.145 e. The monoisotopic (exact) mass is 254 g/mol. The quantitative estimate of drug-likeness (QED) is 0.882. The molecule has 2 aromatic rings. The predicted molar refractivity (Wildman–Crippen MR) is 75.8 cm³/mol. The molecule has 0 atom stereocenters. The van der Waals surface area contributed by atoms with Crippen molar-refractivity contribution in [2.75, 3.05) is 5.32 Å². The molecule has 2 heterocycles. The summed E-state index contributed by atoms with van der Waals surface area (Å²) in [6.07, 6.45) is 1.79. The Kier molecular flexibility index (Phi) is 3.17. The van der Waals surface area contributed by atoms with Crippen molar-refractivity contribution in [1.29, 1.82) is 0 Å². The zero-order valence-electron chi connectivity index (χ0n) is 11.3. The van der Waals surface area contributed by atoms with Crippen molar-refractivity contribution in [1.82, 2.24) is 15.3 Å². The van der Waals surface area contributed by atoms with Crippen LogP contribution in [0.3, 0.4) is 0 Å². The van der Waals surface area contributed by atoms with Gasteiger partial charge in [-0.25, -0.2) is 4.98 Å². The van der Waals surface area contributed by atoms with Crippen LogP contribution < -0.4 is 10.6 Å². The Labute approximate surface area is 113 Å². The van der Waals surface area contributed by atoms with E-state index >= 15 is 0 Å². The molecule has 3 rings (SSSR count). The van der Waals surface area contributed by atoms with Crippen molar-refractivity contribution in [2.45, 2.75) is 33.5 Å². The molecule has 0 amide bonds. The molecule has 0 saturated carbocycles. The molecule has 0 radical (unpaired) electrons. The van der Waals surface area contributed by atoms with Gasteiger partial charge >= 0.3 is 0 Å². The molecule has 0 spiro atoms. The lowest BCUT2D eigenvalue weighted by atomic mass is 10.1. The Balaban J connectivity index is 1.70. The van der Waals surface area contributed by atoms with E-state index in [1.165, 1.54) is 16.7 Å². The second-order valence-electron chi connectivity index (χ2n) is 4.99. The lowest BCUT2D eigenvalue weighted by Gasteiger charge is -2.08. The van der Waals surface area contributed by atoms with Crippen LogP contribution in [0.5, 0.6) is 0 Å². The first kappa shape index (κ1) is 12.1. The van der Waals surface area contributed by atoms with Crippen LogP contribution in [-0.4, -0.2) is 9.97 Å². The van der Waals surface area contributed by atoms with Crippen LogP contribution in [-0.2, 0) is 19.6 Å². The van der Waals surface area contributed by atoms with Crippen molar-refractivity contribution < 1.29 is 0 Å². The summed E-state index contributed by atoms with van der Waals surface area (Å²) in [5, 5.41) is 6.69. The zero-order chi connectivity index (χ0) is 13.2. The van der Waals surface area contributed by atoms with Gasteiger partial charge in [0.25, 0.3) is 0 Å². The first-order valence-corrected chi connectivity index (χ1v) is 6.58. The lowest BCUT2D eigenvalue weighted by Crippen LogP contribution is -2.04. The molecule has 0 unspecified atom stereocenters. The van der Waals surface area contributed by atoms with Crippen LogP contribution >= 0.6 is 0 Å². The van der Waals surface area contributed by atoms with Crippen LogP contribution in [0.15, 0.2) is 24.4 Å². The van der Waals surface area contributed by atoms with Crippen molar-refractivity contribution in [2.24, 2.45) is 0 Å². The van der Waals surface area contributed by atoms with Gasteiger partial charge in [0, 0.05) is 19.6 Å². The van der Waals surface area contributed by atoms with Gasteiger partial charge in [0.05, 0.1) is 17.6 Å². The van der Waals surface area contributed by atoms with E-state index in [1.54, 1.807) is 6.20 Å². The number of nitrogens with one attached hydrogen (secondary N) is 2. The van der Waals surface area contributed by atoms with Gasteiger partial charge in [-0.05, 0) is 30.5 Å². The fourth-order valence-electron chi connectivity index (χ4n) is 2.28. The highest BCUT2D eigenvalue weighted by atomic mass is 15.0. The average Bonchev–Trinajstić information content (AvgIpc) is 2.87. The number of benzene rings is 1. The average molecular weight is 254 g/mol. The Morgan fingerprint density at radius 1 is 1.16 bits per heavy atom. The maximum absolute atomic E-state index is 4.47. The van der Waals surface area contributed by atoms with E-state index in [0.717, 1.165) is 36.8 Å². The molecule has 1 aromatic heterocycles. The van der Waals surface area contributed by atoms with Gasteiger partial charge in [0.1, 0.15) is 5.82 Å². The van der Waals surface area contributed by atoms with E-state index in [0.29, 0.717) is 0 Å². The third-order valence-electron chi connectivity index (χ3n) is 3.57. The molecule has 0 saturated heterocycles. The Morgan fingerprint density at radius 3 is 2.84 bits per heavy atom. The van der Waals surface area contributed by atoms with Crippen LogP contribution in [0.2, 0.25) is 0 Å². The maximum Gasteiger partial charge on any atom is 0.145 e. The summed E-state index contributed by atoms with van der Waals surface area (Å²) in [5.41, 5.74) is 6.06. The molecule has 19 heavy (non-hydrogen) atoms. The van der Waals surface area contributed by atoms with Gasteiger partial charge < -0.3 is 10.6 Å². The highest BCUT2D eigenvalue weighted by Gasteiger charge is 2.09. The van der Waals surface area contributed by atoms with Crippen LogP contribution in [0.4, 0.5) is 5.82 Å². The molecule has 0 aliphatic carbocycles. The fourth-order valence-corrected chi connectivity index (χ4v) is 2.28. The third-order valence-corrected chi connectivity index (χ3v) is 3.57. The van der Waals surface area contributed by atoms with Crippen molar-refractivity contribution in [3.63, 3.8) is 0 Å². The minimum Gasteiger partial charge on any atom is -0.365 e. The van der Waals surface area contributed by atoms with Crippen LogP contribution in [0, 0.1) is 13.8 Å². The van der Waals surface area contributed by atoms with E-state index in [2.05, 4.69) is 38.8 Å². The molecular formula is C15H18N4. The molecule has 1 aliphatic rings. The van der Waals surface area contributed by atoms with Gasteiger partial charge in [-0.1, -0.05) is 18.2 Å². The first-order chi connectivity index (χ1) is 9.22. The van der Waals surface area contributed by atoms with Gasteiger partial charge in [0.2, 0.25) is 0 Å². The summed E-state index contributed by atoms with van der Waals surface area (Å²) in [5.74, 6) is 0.835. The van der Waals surface area contributed by atoms with Crippen molar-refractivity contribution in [3.8, 4) is 0 Å². The van der Waals surface area contributed by atoms with Gasteiger partial charge in [-0.2, -0.15) is 0 Å². The first-order valence-electron chi connectivity index (χ1n) is 6.58. The van der Waals surface area contributed by atoms with Gasteiger partial charge in [-0.3, -0.25) is 4.98 Å². The summed E-state index contributed by atoms with van der Waals surface area (Å²) >= 11 is 0. The Hall–Kier alpha value is -1.94. The van der Waals surface area contributed by atoms with Crippen LogP contribution in [0.1, 0.15) is 28.1 Å². The highest BCUT2D eigenvalue weighted by Crippen LogP contribution is 2.17. The van der Waals surface area contributed by atoms with Crippen LogP contribution in [0.25, 0.3) is 0 Å². The summed E-state index contributed by atoms with van der Waals surface area (Å²) < 4.78 is 0. The standard InChI is InChI=1S/C15H18N4/c1-10-11(2)19-15(9-17-10)18-6-12-3-4-13-7-16-8-14(13)5-12/h3-5,9,16H,6-8H2,1-2H3,(H,18,19). The molecular weight excluding hydrogens is 236 g/mol. The summed E-state index contributed by atoms with van der Waals surface area (Å²) in [7, 11) is 0. The number of fused-ring (bicyclic) bond motifs is 1. The van der Waals surface area contributed by atoms with Crippen molar-refractivity contribution >= 4 is 5.82 Å². The topological polar surface area (TPSA) is 49.8 Å². The zero-order valence-corrected chi connectivity index (χ0v) is 11.3. The largest absolute Gasteiger partial charge is 0.365 e. The molecule has 1 aliphatic heterocycles. The number of nitrogens with zero attached hydrogens (tertiary/aromatic N) is 2. The molecule has 4 heteroatoms.